The van der Waals surface area contributed by atoms with Crippen molar-refractivity contribution in [3.05, 3.63) is 59.1 Å². The first-order valence-electron chi connectivity index (χ1n) is 7.04. The molecule has 122 valence electrons. The van der Waals surface area contributed by atoms with Crippen molar-refractivity contribution in [2.75, 3.05) is 6.61 Å². The molecule has 23 heavy (non-hydrogen) atoms. The van der Waals surface area contributed by atoms with Gasteiger partial charge in [0.25, 0.3) is 10.0 Å². The average molecular weight is 353 g/mol. The SMILES string of the molecule is CCCOc1ccc(/C=N/NS(=O)(=O)c2ccc(Cl)cc2)cc1. The second-order valence-corrected chi connectivity index (χ2v) is 6.82. The molecule has 0 aliphatic heterocycles. The molecule has 0 saturated carbocycles. The van der Waals surface area contributed by atoms with Crippen molar-refractivity contribution in [1.29, 1.82) is 0 Å². The van der Waals surface area contributed by atoms with Gasteiger partial charge in [0.15, 0.2) is 0 Å². The molecule has 0 radical (unpaired) electrons. The van der Waals surface area contributed by atoms with Gasteiger partial charge < -0.3 is 4.74 Å². The van der Waals surface area contributed by atoms with Crippen LogP contribution in [0.5, 0.6) is 5.75 Å². The fourth-order valence-corrected chi connectivity index (χ4v) is 2.62. The van der Waals surface area contributed by atoms with Crippen LogP contribution < -0.4 is 9.57 Å². The number of rotatable bonds is 7. The van der Waals surface area contributed by atoms with Crippen LogP contribution in [0, 0.1) is 0 Å². The van der Waals surface area contributed by atoms with Crippen LogP contribution in [0.1, 0.15) is 18.9 Å². The van der Waals surface area contributed by atoms with Gasteiger partial charge in [-0.15, -0.1) is 0 Å². The van der Waals surface area contributed by atoms with Crippen LogP contribution in [-0.4, -0.2) is 21.2 Å². The summed E-state index contributed by atoms with van der Waals surface area (Å²) >= 11 is 5.74. The van der Waals surface area contributed by atoms with Crippen molar-refractivity contribution in [1.82, 2.24) is 4.83 Å². The molecule has 2 aromatic rings. The standard InChI is InChI=1S/C16H17ClN2O3S/c1-2-11-22-15-7-3-13(4-8-15)12-18-19-23(20,21)16-9-5-14(17)6-10-16/h3-10,12,19H,2,11H2,1H3/b18-12+. The summed E-state index contributed by atoms with van der Waals surface area (Å²) < 4.78 is 29.5. The monoisotopic (exact) mass is 352 g/mol. The Balaban J connectivity index is 1.99. The molecule has 0 fully saturated rings. The van der Waals surface area contributed by atoms with E-state index in [9.17, 15) is 8.42 Å². The van der Waals surface area contributed by atoms with Crippen molar-refractivity contribution in [3.63, 3.8) is 0 Å². The zero-order valence-corrected chi connectivity index (χ0v) is 14.1. The topological polar surface area (TPSA) is 67.8 Å². The summed E-state index contributed by atoms with van der Waals surface area (Å²) in [5, 5.41) is 4.24. The predicted molar refractivity (Wildman–Crippen MR) is 91.6 cm³/mol. The number of nitrogens with zero attached hydrogens (tertiary/aromatic N) is 1. The van der Waals surface area contributed by atoms with Crippen LogP contribution in [0.2, 0.25) is 5.02 Å². The Morgan fingerprint density at radius 3 is 2.39 bits per heavy atom. The van der Waals surface area contributed by atoms with Crippen LogP contribution in [0.25, 0.3) is 0 Å². The summed E-state index contributed by atoms with van der Waals surface area (Å²) in [6.45, 7) is 2.70. The maximum atomic E-state index is 12.0. The highest BCUT2D eigenvalue weighted by Gasteiger charge is 2.11. The van der Waals surface area contributed by atoms with Crippen molar-refractivity contribution in [2.45, 2.75) is 18.2 Å². The summed E-state index contributed by atoms with van der Waals surface area (Å²) in [6.07, 6.45) is 2.37. The third kappa shape index (κ3) is 5.26. The number of nitrogens with one attached hydrogen (secondary N) is 1. The van der Waals surface area contributed by atoms with E-state index in [0.717, 1.165) is 17.7 Å². The first-order valence-corrected chi connectivity index (χ1v) is 8.90. The van der Waals surface area contributed by atoms with E-state index >= 15 is 0 Å². The molecule has 0 heterocycles. The summed E-state index contributed by atoms with van der Waals surface area (Å²) in [6, 6.07) is 13.1. The highest BCUT2D eigenvalue weighted by atomic mass is 35.5. The fourth-order valence-electron chi connectivity index (χ4n) is 1.71. The Kier molecular flexibility index (Phi) is 6.01. The molecule has 0 aromatic heterocycles. The van der Waals surface area contributed by atoms with Gasteiger partial charge in [-0.1, -0.05) is 18.5 Å². The summed E-state index contributed by atoms with van der Waals surface area (Å²) in [5.41, 5.74) is 0.757. The molecular formula is C16H17ClN2O3S. The van der Waals surface area contributed by atoms with Crippen molar-refractivity contribution in [2.24, 2.45) is 5.10 Å². The van der Waals surface area contributed by atoms with E-state index in [0.29, 0.717) is 11.6 Å². The van der Waals surface area contributed by atoms with Crippen LogP contribution >= 0.6 is 11.6 Å². The molecule has 0 aliphatic rings. The number of ether oxygens (including phenoxy) is 1. The van der Waals surface area contributed by atoms with Gasteiger partial charge in [-0.3, -0.25) is 0 Å². The lowest BCUT2D eigenvalue weighted by Gasteiger charge is -2.04. The van der Waals surface area contributed by atoms with Gasteiger partial charge in [0.05, 0.1) is 17.7 Å². The largest absolute Gasteiger partial charge is 0.494 e. The van der Waals surface area contributed by atoms with Gasteiger partial charge in [0, 0.05) is 5.02 Å². The smallest absolute Gasteiger partial charge is 0.276 e. The Hall–Kier alpha value is -2.05. The maximum absolute atomic E-state index is 12.0. The number of halogens is 1. The zero-order valence-electron chi connectivity index (χ0n) is 12.6. The highest BCUT2D eigenvalue weighted by molar-refractivity contribution is 7.89. The third-order valence-corrected chi connectivity index (χ3v) is 4.35. The molecule has 0 atom stereocenters. The lowest BCUT2D eigenvalue weighted by Crippen LogP contribution is -2.18. The number of benzene rings is 2. The van der Waals surface area contributed by atoms with Crippen LogP contribution in [0.3, 0.4) is 0 Å². The van der Waals surface area contributed by atoms with Crippen molar-refractivity contribution < 1.29 is 13.2 Å². The van der Waals surface area contributed by atoms with E-state index < -0.39 is 10.0 Å². The van der Waals surface area contributed by atoms with Gasteiger partial charge in [-0.25, -0.2) is 4.83 Å². The molecule has 2 rings (SSSR count). The molecule has 0 unspecified atom stereocenters. The van der Waals surface area contributed by atoms with E-state index in [1.807, 2.05) is 19.1 Å². The molecule has 5 nitrogen and oxygen atoms in total. The van der Waals surface area contributed by atoms with E-state index in [2.05, 4.69) is 9.93 Å². The summed E-state index contributed by atoms with van der Waals surface area (Å²) in [5.74, 6) is 0.769. The molecule has 0 saturated heterocycles. The number of hydrogen-bond donors (Lipinski definition) is 1. The number of sulfonamides is 1. The normalized spacial score (nSPS) is 11.6. The van der Waals surface area contributed by atoms with Crippen LogP contribution in [0.15, 0.2) is 58.5 Å². The van der Waals surface area contributed by atoms with E-state index in [1.54, 1.807) is 12.1 Å². The first kappa shape index (κ1) is 17.3. The van der Waals surface area contributed by atoms with E-state index in [1.165, 1.54) is 30.5 Å². The van der Waals surface area contributed by atoms with Crippen LogP contribution in [0.4, 0.5) is 0 Å². The van der Waals surface area contributed by atoms with Crippen molar-refractivity contribution in [3.8, 4) is 5.75 Å². The molecule has 2 aromatic carbocycles. The first-order chi connectivity index (χ1) is 11.0. The molecule has 0 aliphatic carbocycles. The van der Waals surface area contributed by atoms with E-state index in [4.69, 9.17) is 16.3 Å². The fraction of sp³-hybridized carbons (Fsp3) is 0.188. The van der Waals surface area contributed by atoms with Gasteiger partial charge >= 0.3 is 0 Å². The van der Waals surface area contributed by atoms with Gasteiger partial charge in [-0.05, 0) is 60.5 Å². The second kappa shape index (κ2) is 7.99. The quantitative estimate of drug-likeness (QED) is 0.613. The van der Waals surface area contributed by atoms with E-state index in [-0.39, 0.29) is 4.90 Å². The predicted octanol–water partition coefficient (Wildman–Crippen LogP) is 3.44. The van der Waals surface area contributed by atoms with Gasteiger partial charge in [-0.2, -0.15) is 13.5 Å². The number of hydrazone groups is 1. The lowest BCUT2D eigenvalue weighted by atomic mass is 10.2. The highest BCUT2D eigenvalue weighted by Crippen LogP contribution is 2.14. The molecule has 1 N–H and O–H groups in total. The van der Waals surface area contributed by atoms with Crippen LogP contribution in [-0.2, 0) is 10.0 Å². The molecule has 7 heteroatoms. The van der Waals surface area contributed by atoms with Gasteiger partial charge in [0.2, 0.25) is 0 Å². The number of hydrogen-bond acceptors (Lipinski definition) is 4. The zero-order chi connectivity index (χ0) is 16.7. The molecule has 0 amide bonds. The summed E-state index contributed by atoms with van der Waals surface area (Å²) in [7, 11) is -3.70. The lowest BCUT2D eigenvalue weighted by molar-refractivity contribution is 0.317. The minimum absolute atomic E-state index is 0.0994. The van der Waals surface area contributed by atoms with Crippen molar-refractivity contribution >= 4 is 27.8 Å². The maximum Gasteiger partial charge on any atom is 0.276 e. The molecule has 0 bridgehead atoms. The second-order valence-electron chi connectivity index (χ2n) is 4.72. The molecule has 0 spiro atoms. The minimum atomic E-state index is -3.70. The Morgan fingerprint density at radius 2 is 1.78 bits per heavy atom. The average Bonchev–Trinajstić information content (AvgIpc) is 2.54. The third-order valence-electron chi connectivity index (χ3n) is 2.86. The molecular weight excluding hydrogens is 336 g/mol. The Morgan fingerprint density at radius 1 is 1.13 bits per heavy atom. The Labute approximate surface area is 141 Å². The minimum Gasteiger partial charge on any atom is -0.494 e. The summed E-state index contributed by atoms with van der Waals surface area (Å²) in [4.78, 5) is 2.26. The van der Waals surface area contributed by atoms with Gasteiger partial charge in [0.1, 0.15) is 5.75 Å². The Bertz CT molecular complexity index is 757.